The number of thiocarbonyl (C=S) groups is 1. The predicted molar refractivity (Wildman–Crippen MR) is 96.8 cm³/mol. The van der Waals surface area contributed by atoms with Crippen molar-refractivity contribution in [1.29, 1.82) is 0 Å². The summed E-state index contributed by atoms with van der Waals surface area (Å²) in [7, 11) is 0. The van der Waals surface area contributed by atoms with E-state index in [9.17, 15) is 4.79 Å². The highest BCUT2D eigenvalue weighted by Crippen LogP contribution is 2.18. The van der Waals surface area contributed by atoms with Gasteiger partial charge in [-0.1, -0.05) is 12.6 Å². The van der Waals surface area contributed by atoms with Crippen molar-refractivity contribution in [2.45, 2.75) is 6.92 Å². The molecular formula is C16H15BrN2O3S. The zero-order valence-corrected chi connectivity index (χ0v) is 14.8. The maximum Gasteiger partial charge on any atom is 0.293 e. The molecule has 0 radical (unpaired) electrons. The molecule has 1 amide bonds. The van der Waals surface area contributed by atoms with Gasteiger partial charge in [0.1, 0.15) is 12.4 Å². The lowest BCUT2D eigenvalue weighted by Crippen LogP contribution is -2.33. The van der Waals surface area contributed by atoms with E-state index >= 15 is 0 Å². The first-order valence-corrected chi connectivity index (χ1v) is 7.89. The van der Waals surface area contributed by atoms with Crippen LogP contribution in [-0.4, -0.2) is 17.6 Å². The molecule has 0 bridgehead atoms. The number of amides is 1. The van der Waals surface area contributed by atoms with Crippen LogP contribution in [-0.2, 0) is 0 Å². The monoisotopic (exact) mass is 394 g/mol. The third-order valence-electron chi connectivity index (χ3n) is 2.60. The second-order valence-corrected chi connectivity index (χ2v) is 5.98. The minimum Gasteiger partial charge on any atom is -0.489 e. The van der Waals surface area contributed by atoms with Gasteiger partial charge in [0.2, 0.25) is 0 Å². The van der Waals surface area contributed by atoms with Crippen molar-refractivity contribution in [3.05, 3.63) is 59.0 Å². The Labute approximate surface area is 147 Å². The lowest BCUT2D eigenvalue weighted by Gasteiger charge is -2.11. The summed E-state index contributed by atoms with van der Waals surface area (Å²) >= 11 is 8.26. The van der Waals surface area contributed by atoms with Crippen molar-refractivity contribution in [1.82, 2.24) is 5.32 Å². The topological polar surface area (TPSA) is 63.5 Å². The number of carbonyl (C=O) groups excluding carboxylic acids is 1. The van der Waals surface area contributed by atoms with Gasteiger partial charge < -0.3 is 14.5 Å². The third kappa shape index (κ3) is 5.54. The minimum atomic E-state index is -0.428. The summed E-state index contributed by atoms with van der Waals surface area (Å²) in [6.07, 6.45) is 0. The van der Waals surface area contributed by atoms with Crippen LogP contribution >= 0.6 is 28.1 Å². The Kier molecular flexibility index (Phi) is 5.95. The third-order valence-corrected chi connectivity index (χ3v) is 3.23. The molecule has 0 fully saturated rings. The summed E-state index contributed by atoms with van der Waals surface area (Å²) in [5.41, 5.74) is 1.63. The van der Waals surface area contributed by atoms with Crippen molar-refractivity contribution in [2.75, 3.05) is 11.9 Å². The maximum atomic E-state index is 11.9. The lowest BCUT2D eigenvalue weighted by molar-refractivity contribution is 0.0949. The highest BCUT2D eigenvalue weighted by molar-refractivity contribution is 9.10. The van der Waals surface area contributed by atoms with Crippen LogP contribution in [0.1, 0.15) is 17.5 Å². The Balaban J connectivity index is 1.93. The number of halogens is 1. The van der Waals surface area contributed by atoms with Crippen molar-refractivity contribution in [3.8, 4) is 5.75 Å². The maximum absolute atomic E-state index is 11.9. The van der Waals surface area contributed by atoms with Crippen LogP contribution in [0.3, 0.4) is 0 Å². The summed E-state index contributed by atoms with van der Waals surface area (Å²) in [5.74, 6) is 0.421. The van der Waals surface area contributed by atoms with Gasteiger partial charge in [-0.3, -0.25) is 10.1 Å². The number of carbonyl (C=O) groups is 1. The Hall–Kier alpha value is -2.12. The number of hydrogen-bond acceptors (Lipinski definition) is 4. The number of anilines is 1. The molecule has 0 saturated heterocycles. The molecule has 0 spiro atoms. The van der Waals surface area contributed by atoms with E-state index in [0.717, 1.165) is 5.57 Å². The molecule has 1 heterocycles. The molecule has 2 rings (SSSR count). The smallest absolute Gasteiger partial charge is 0.293 e. The van der Waals surface area contributed by atoms with Crippen LogP contribution in [0.2, 0.25) is 0 Å². The van der Waals surface area contributed by atoms with Gasteiger partial charge >= 0.3 is 0 Å². The zero-order chi connectivity index (χ0) is 16.8. The van der Waals surface area contributed by atoms with E-state index in [2.05, 4.69) is 33.1 Å². The van der Waals surface area contributed by atoms with Crippen LogP contribution in [0, 0.1) is 0 Å². The average Bonchev–Trinajstić information content (AvgIpc) is 2.92. The van der Waals surface area contributed by atoms with Crippen LogP contribution in [0.25, 0.3) is 0 Å². The van der Waals surface area contributed by atoms with Crippen molar-refractivity contribution in [3.63, 3.8) is 0 Å². The Morgan fingerprint density at radius 2 is 2.17 bits per heavy atom. The largest absolute Gasteiger partial charge is 0.489 e. The van der Waals surface area contributed by atoms with Gasteiger partial charge in [-0.05, 0) is 64.9 Å². The normalized spacial score (nSPS) is 10.0. The van der Waals surface area contributed by atoms with Crippen LogP contribution < -0.4 is 15.4 Å². The van der Waals surface area contributed by atoms with Gasteiger partial charge in [-0.2, -0.15) is 0 Å². The number of benzene rings is 1. The summed E-state index contributed by atoms with van der Waals surface area (Å²) in [4.78, 5) is 11.9. The quantitative estimate of drug-likeness (QED) is 0.589. The van der Waals surface area contributed by atoms with E-state index in [0.29, 0.717) is 22.7 Å². The number of hydrogen-bond donors (Lipinski definition) is 2. The second-order valence-electron chi connectivity index (χ2n) is 4.79. The molecule has 1 aromatic carbocycles. The Bertz CT molecular complexity index is 742. The van der Waals surface area contributed by atoms with Gasteiger partial charge in [0.15, 0.2) is 15.5 Å². The van der Waals surface area contributed by atoms with Crippen LogP contribution in [0.4, 0.5) is 5.69 Å². The predicted octanol–water partition coefficient (Wildman–Crippen LogP) is 4.12. The van der Waals surface area contributed by atoms with Crippen molar-refractivity contribution >= 4 is 44.9 Å². The molecule has 1 aromatic heterocycles. The fourth-order valence-corrected chi connectivity index (χ4v) is 2.15. The molecule has 5 nitrogen and oxygen atoms in total. The van der Waals surface area contributed by atoms with E-state index in [1.165, 1.54) is 0 Å². The summed E-state index contributed by atoms with van der Waals surface area (Å²) in [6.45, 7) is 6.11. The van der Waals surface area contributed by atoms with Gasteiger partial charge in [0.25, 0.3) is 5.91 Å². The lowest BCUT2D eigenvalue weighted by atomic mass is 10.3. The van der Waals surface area contributed by atoms with Crippen LogP contribution in [0.5, 0.6) is 5.75 Å². The first kappa shape index (κ1) is 17.2. The molecule has 7 heteroatoms. The van der Waals surface area contributed by atoms with Gasteiger partial charge in [-0.15, -0.1) is 0 Å². The summed E-state index contributed by atoms with van der Waals surface area (Å²) in [5, 5.41) is 5.63. The van der Waals surface area contributed by atoms with Gasteiger partial charge in [-0.25, -0.2) is 0 Å². The molecule has 0 unspecified atom stereocenters. The van der Waals surface area contributed by atoms with Crippen LogP contribution in [0.15, 0.2) is 57.6 Å². The molecule has 0 aliphatic carbocycles. The molecule has 0 atom stereocenters. The highest BCUT2D eigenvalue weighted by Gasteiger charge is 2.12. The molecule has 0 saturated carbocycles. The molecule has 120 valence electrons. The second kappa shape index (κ2) is 7.94. The van der Waals surface area contributed by atoms with Gasteiger partial charge in [0, 0.05) is 11.8 Å². The molecular weight excluding hydrogens is 380 g/mol. The minimum absolute atomic E-state index is 0.166. The molecule has 2 aromatic rings. The van der Waals surface area contributed by atoms with E-state index in [-0.39, 0.29) is 10.9 Å². The molecule has 0 aliphatic heterocycles. The van der Waals surface area contributed by atoms with Gasteiger partial charge in [0.05, 0.1) is 0 Å². The number of ether oxygens (including phenoxy) is 1. The molecule has 0 aliphatic rings. The highest BCUT2D eigenvalue weighted by atomic mass is 79.9. The Morgan fingerprint density at radius 1 is 1.39 bits per heavy atom. The average molecular weight is 395 g/mol. The number of nitrogens with one attached hydrogen (secondary N) is 2. The fourth-order valence-electron chi connectivity index (χ4n) is 1.63. The van der Waals surface area contributed by atoms with E-state index in [4.69, 9.17) is 21.4 Å². The number of furan rings is 1. The van der Waals surface area contributed by atoms with Crippen molar-refractivity contribution in [2.24, 2.45) is 0 Å². The van der Waals surface area contributed by atoms with Crippen molar-refractivity contribution < 1.29 is 13.9 Å². The fraction of sp³-hybridized carbons (Fsp3) is 0.125. The van der Waals surface area contributed by atoms with E-state index < -0.39 is 5.91 Å². The first-order chi connectivity index (χ1) is 10.9. The summed E-state index contributed by atoms with van der Waals surface area (Å²) in [6, 6.07) is 10.4. The SMILES string of the molecule is C=C(C)COc1cccc(NC(=S)NC(=O)c2ccc(Br)o2)c1. The summed E-state index contributed by atoms with van der Waals surface area (Å²) < 4.78 is 11.2. The van der Waals surface area contributed by atoms with E-state index in [1.54, 1.807) is 18.2 Å². The van der Waals surface area contributed by atoms with E-state index in [1.807, 2.05) is 25.1 Å². The first-order valence-electron chi connectivity index (χ1n) is 6.69. The molecule has 23 heavy (non-hydrogen) atoms. The number of rotatable bonds is 5. The standard InChI is InChI=1S/C16H15BrN2O3S/c1-10(2)9-21-12-5-3-4-11(8-12)18-16(23)19-15(20)13-6-7-14(17)22-13/h3-8H,1,9H2,2H3,(H2,18,19,20,23). The molecule has 2 N–H and O–H groups in total. The zero-order valence-electron chi connectivity index (χ0n) is 12.4. The Morgan fingerprint density at radius 3 is 2.83 bits per heavy atom.